The Morgan fingerprint density at radius 2 is 1.31 bits per heavy atom. The van der Waals surface area contributed by atoms with Crippen molar-refractivity contribution in [2.75, 3.05) is 0 Å². The Kier molecular flexibility index (Phi) is 9.33. The van der Waals surface area contributed by atoms with E-state index >= 15 is 0 Å². The Morgan fingerprint density at radius 1 is 0.603 bits per heavy atom. The molecule has 3 aliphatic carbocycles. The van der Waals surface area contributed by atoms with Crippen molar-refractivity contribution in [2.24, 2.45) is 16.8 Å². The van der Waals surface area contributed by atoms with Gasteiger partial charge in [0, 0.05) is 34.7 Å². The monoisotopic (exact) mass is 743 g/mol. The SMILES string of the molecule is C=N/C=C\C=C\c1ccc(-c2cc(-c3ccc4c(c3)CCC=C4)nc(-c3cccc(C4=c5ccccc5=C(c5cccc6ccccc56)[C@H]5C=CC=CC45)c3)n2)cc1. The predicted octanol–water partition coefficient (Wildman–Crippen LogP) is 11.6. The molecular weight excluding hydrogens is 703 g/mol. The number of aliphatic imine (C=N–C) groups is 1. The molecule has 3 aliphatic rings. The molecule has 2 atom stereocenters. The van der Waals surface area contributed by atoms with Crippen molar-refractivity contribution in [1.29, 1.82) is 0 Å². The van der Waals surface area contributed by atoms with Crippen molar-refractivity contribution in [3.63, 3.8) is 0 Å². The minimum atomic E-state index is 0.160. The fraction of sp³-hybridized carbons (Fsp3) is 0.0727. The number of aromatic nitrogens is 2. The lowest BCUT2D eigenvalue weighted by Crippen LogP contribution is -2.40. The second-order valence-electron chi connectivity index (χ2n) is 15.1. The molecule has 276 valence electrons. The van der Waals surface area contributed by atoms with Gasteiger partial charge in [0.2, 0.25) is 0 Å². The smallest absolute Gasteiger partial charge is 0.160 e. The summed E-state index contributed by atoms with van der Waals surface area (Å²) in [4.78, 5) is 14.4. The van der Waals surface area contributed by atoms with Crippen LogP contribution >= 0.6 is 0 Å². The predicted molar refractivity (Wildman–Crippen MR) is 243 cm³/mol. The van der Waals surface area contributed by atoms with Gasteiger partial charge in [-0.15, -0.1) is 0 Å². The van der Waals surface area contributed by atoms with E-state index in [2.05, 4.69) is 194 Å². The zero-order valence-electron chi connectivity index (χ0n) is 32.2. The van der Waals surface area contributed by atoms with Crippen molar-refractivity contribution in [2.45, 2.75) is 12.8 Å². The number of nitrogens with zero attached hydrogens (tertiary/aromatic N) is 3. The number of aryl methyl sites for hydroxylation is 1. The van der Waals surface area contributed by atoms with Crippen molar-refractivity contribution in [1.82, 2.24) is 9.97 Å². The highest BCUT2D eigenvalue weighted by Gasteiger charge is 2.32. The summed E-state index contributed by atoms with van der Waals surface area (Å²) in [6.45, 7) is 3.51. The van der Waals surface area contributed by atoms with E-state index in [9.17, 15) is 0 Å². The van der Waals surface area contributed by atoms with Crippen LogP contribution in [0, 0.1) is 11.8 Å². The van der Waals surface area contributed by atoms with Gasteiger partial charge in [-0.2, -0.15) is 0 Å². The first-order valence-electron chi connectivity index (χ1n) is 20.1. The van der Waals surface area contributed by atoms with Crippen LogP contribution in [0.5, 0.6) is 0 Å². The Labute approximate surface area is 339 Å². The molecule has 3 nitrogen and oxygen atoms in total. The van der Waals surface area contributed by atoms with Gasteiger partial charge in [0.15, 0.2) is 5.82 Å². The van der Waals surface area contributed by atoms with E-state index in [1.54, 1.807) is 6.20 Å². The molecule has 0 spiro atoms. The lowest BCUT2D eigenvalue weighted by Gasteiger charge is -2.33. The second-order valence-corrected chi connectivity index (χ2v) is 15.1. The van der Waals surface area contributed by atoms with Gasteiger partial charge < -0.3 is 0 Å². The molecule has 6 aromatic carbocycles. The van der Waals surface area contributed by atoms with Crippen LogP contribution in [-0.4, -0.2) is 16.7 Å². The van der Waals surface area contributed by atoms with E-state index in [4.69, 9.17) is 9.97 Å². The van der Waals surface area contributed by atoms with Crippen LogP contribution in [0.1, 0.15) is 34.2 Å². The van der Waals surface area contributed by atoms with Gasteiger partial charge in [0.1, 0.15) is 0 Å². The molecule has 0 radical (unpaired) electrons. The van der Waals surface area contributed by atoms with E-state index < -0.39 is 0 Å². The molecule has 1 heterocycles. The van der Waals surface area contributed by atoms with Gasteiger partial charge in [-0.05, 0) is 104 Å². The summed E-state index contributed by atoms with van der Waals surface area (Å²) in [6, 6.07) is 50.7. The molecule has 58 heavy (non-hydrogen) atoms. The van der Waals surface area contributed by atoms with Crippen LogP contribution in [0.15, 0.2) is 193 Å². The highest BCUT2D eigenvalue weighted by Crippen LogP contribution is 2.42. The summed E-state index contributed by atoms with van der Waals surface area (Å²) < 4.78 is 0. The third kappa shape index (κ3) is 6.61. The van der Waals surface area contributed by atoms with Crippen molar-refractivity contribution in [3.05, 3.63) is 227 Å². The molecule has 7 aromatic rings. The summed E-state index contributed by atoms with van der Waals surface area (Å²) in [7, 11) is 0. The first-order valence-corrected chi connectivity index (χ1v) is 20.1. The van der Waals surface area contributed by atoms with Crippen molar-refractivity contribution >= 4 is 40.8 Å². The highest BCUT2D eigenvalue weighted by molar-refractivity contribution is 5.96. The minimum absolute atomic E-state index is 0.160. The fourth-order valence-electron chi connectivity index (χ4n) is 8.94. The van der Waals surface area contributed by atoms with E-state index in [0.717, 1.165) is 46.5 Å². The van der Waals surface area contributed by atoms with Crippen molar-refractivity contribution < 1.29 is 0 Å². The Bertz CT molecular complexity index is 3020. The maximum atomic E-state index is 5.32. The number of benzene rings is 6. The third-order valence-electron chi connectivity index (χ3n) is 11.7. The van der Waals surface area contributed by atoms with Crippen LogP contribution in [-0.2, 0) is 6.42 Å². The molecule has 3 heteroatoms. The van der Waals surface area contributed by atoms with Crippen molar-refractivity contribution in [3.8, 4) is 33.9 Å². The van der Waals surface area contributed by atoms with E-state index in [0.29, 0.717) is 5.82 Å². The average Bonchev–Trinajstić information content (AvgIpc) is 3.29. The first-order chi connectivity index (χ1) is 28.7. The standard InChI is InChI=1S/C55H41N3/c1-56-33-11-10-14-37-27-29-40(30-28-37)51-36-52(42-32-31-38-15-2-3-17-41(38)34-42)58-55(57-51)44-20-12-19-43(35-44)53-47-22-6-8-24-49(47)54(50-25-9-7-23-48(50)53)46-26-13-18-39-16-4-5-21-45(39)46/h2,4-16,18-36,47,49H,1,3,17H2/b14-10+,33-11-/t47?,49-/m0/s1. The molecular formula is C55H41N3. The zero-order chi connectivity index (χ0) is 38.8. The Morgan fingerprint density at radius 3 is 2.16 bits per heavy atom. The summed E-state index contributed by atoms with van der Waals surface area (Å²) in [6.07, 6.45) is 23.4. The van der Waals surface area contributed by atoms with Crippen LogP contribution in [0.3, 0.4) is 0 Å². The minimum Gasteiger partial charge on any atom is -0.273 e. The lowest BCUT2D eigenvalue weighted by molar-refractivity contribution is 0.687. The maximum absolute atomic E-state index is 5.32. The molecule has 0 saturated carbocycles. The summed E-state index contributed by atoms with van der Waals surface area (Å²) in [5, 5.41) is 5.10. The maximum Gasteiger partial charge on any atom is 0.160 e. The summed E-state index contributed by atoms with van der Waals surface area (Å²) >= 11 is 0. The van der Waals surface area contributed by atoms with Gasteiger partial charge in [0.25, 0.3) is 0 Å². The molecule has 1 aromatic heterocycles. The topological polar surface area (TPSA) is 38.1 Å². The largest absolute Gasteiger partial charge is 0.273 e. The Balaban J connectivity index is 1.14. The average molecular weight is 744 g/mol. The van der Waals surface area contributed by atoms with E-state index in [1.165, 1.54) is 54.6 Å². The van der Waals surface area contributed by atoms with Gasteiger partial charge in [0.05, 0.1) is 11.4 Å². The number of hydrogen-bond donors (Lipinski definition) is 0. The number of rotatable bonds is 8. The van der Waals surface area contributed by atoms with E-state index in [1.807, 2.05) is 12.2 Å². The molecule has 0 aliphatic heterocycles. The number of hydrogen-bond acceptors (Lipinski definition) is 3. The second kappa shape index (κ2) is 15.4. The Hall–Kier alpha value is -7.23. The fourth-order valence-corrected chi connectivity index (χ4v) is 8.94. The summed E-state index contributed by atoms with van der Waals surface area (Å²) in [5.74, 6) is 1.05. The molecule has 0 amide bonds. The molecule has 0 bridgehead atoms. The van der Waals surface area contributed by atoms with Gasteiger partial charge in [-0.1, -0.05) is 170 Å². The molecule has 10 rings (SSSR count). The first kappa shape index (κ1) is 35.2. The number of fused-ring (bicyclic) bond motifs is 4. The van der Waals surface area contributed by atoms with Crippen LogP contribution in [0.25, 0.3) is 68.0 Å². The third-order valence-corrected chi connectivity index (χ3v) is 11.7. The van der Waals surface area contributed by atoms with Crippen LogP contribution in [0.2, 0.25) is 0 Å². The van der Waals surface area contributed by atoms with Crippen LogP contribution in [0.4, 0.5) is 0 Å². The molecule has 0 fully saturated rings. The quantitative estimate of drug-likeness (QED) is 0.115. The number of allylic oxidation sites excluding steroid dienone is 7. The zero-order valence-corrected chi connectivity index (χ0v) is 32.2. The van der Waals surface area contributed by atoms with E-state index in [-0.39, 0.29) is 11.8 Å². The lowest BCUT2D eigenvalue weighted by atomic mass is 9.69. The van der Waals surface area contributed by atoms with Gasteiger partial charge in [-0.25, -0.2) is 9.97 Å². The highest BCUT2D eigenvalue weighted by atomic mass is 14.9. The summed E-state index contributed by atoms with van der Waals surface area (Å²) in [5.41, 5.74) is 13.9. The molecule has 1 unspecified atom stereocenters. The molecule has 0 N–H and O–H groups in total. The van der Waals surface area contributed by atoms with Crippen LogP contribution < -0.4 is 10.4 Å². The molecule has 0 saturated heterocycles. The normalized spacial score (nSPS) is 16.8. The van der Waals surface area contributed by atoms with Gasteiger partial charge >= 0.3 is 0 Å². The van der Waals surface area contributed by atoms with Gasteiger partial charge in [-0.3, -0.25) is 4.99 Å².